The van der Waals surface area contributed by atoms with Gasteiger partial charge in [-0.3, -0.25) is 4.79 Å². The van der Waals surface area contributed by atoms with E-state index in [1.54, 1.807) is 0 Å². The number of rotatable bonds is 0. The summed E-state index contributed by atoms with van der Waals surface area (Å²) in [5, 5.41) is 3.18. The van der Waals surface area contributed by atoms with E-state index in [1.807, 2.05) is 24.3 Å². The number of nitrogens with one attached hydrogen (secondary N) is 1. The van der Waals surface area contributed by atoms with Gasteiger partial charge in [-0.05, 0) is 12.1 Å². The Hall–Kier alpha value is -2.23. The summed E-state index contributed by atoms with van der Waals surface area (Å²) >= 11 is 0. The Bertz CT molecular complexity index is 544. The third-order valence-corrected chi connectivity index (χ3v) is 2.60. The summed E-state index contributed by atoms with van der Waals surface area (Å²) in [6.45, 7) is 0. The number of allylic oxidation sites excluding steroid dienone is 2. The zero-order chi connectivity index (χ0) is 11.1. The highest BCUT2D eigenvalue weighted by atomic mass is 16.5. The minimum Gasteiger partial charge on any atom is -0.457 e. The molecule has 3 N–H and O–H groups in total. The van der Waals surface area contributed by atoms with Crippen LogP contribution in [0.1, 0.15) is 6.42 Å². The van der Waals surface area contributed by atoms with Crippen LogP contribution < -0.4 is 15.8 Å². The van der Waals surface area contributed by atoms with E-state index in [0.717, 1.165) is 11.4 Å². The zero-order valence-corrected chi connectivity index (χ0v) is 8.49. The third kappa shape index (κ3) is 1.27. The van der Waals surface area contributed by atoms with Crippen molar-refractivity contribution < 1.29 is 9.53 Å². The summed E-state index contributed by atoms with van der Waals surface area (Å²) in [6.07, 6.45) is 1.69. The Morgan fingerprint density at radius 3 is 3.00 bits per heavy atom. The number of anilines is 1. The smallest absolute Gasteiger partial charge is 0.165 e. The standard InChI is InChI=1S/C12H10N2O2/c13-8-5-7(15)6-11-12(8)14-9-3-1-2-4-10(9)16-11/h1-5,14H,6,13H2. The summed E-state index contributed by atoms with van der Waals surface area (Å²) in [6, 6.07) is 7.55. The van der Waals surface area contributed by atoms with E-state index in [9.17, 15) is 4.79 Å². The summed E-state index contributed by atoms with van der Waals surface area (Å²) in [4.78, 5) is 11.3. The van der Waals surface area contributed by atoms with Gasteiger partial charge < -0.3 is 15.8 Å². The van der Waals surface area contributed by atoms with Crippen LogP contribution in [-0.2, 0) is 4.79 Å². The van der Waals surface area contributed by atoms with Gasteiger partial charge in [0, 0.05) is 6.08 Å². The Kier molecular flexibility index (Phi) is 1.77. The van der Waals surface area contributed by atoms with E-state index in [4.69, 9.17) is 10.5 Å². The molecule has 4 nitrogen and oxygen atoms in total. The van der Waals surface area contributed by atoms with E-state index in [1.165, 1.54) is 6.08 Å². The molecule has 1 heterocycles. The molecule has 0 aromatic heterocycles. The van der Waals surface area contributed by atoms with Gasteiger partial charge in [-0.2, -0.15) is 0 Å². The van der Waals surface area contributed by atoms with Gasteiger partial charge in [0.2, 0.25) is 0 Å². The SMILES string of the molecule is NC1=CC(=O)CC2=C1Nc1ccccc1O2. The molecular formula is C12H10N2O2. The summed E-state index contributed by atoms with van der Waals surface area (Å²) in [5.41, 5.74) is 7.78. The maximum absolute atomic E-state index is 11.3. The molecule has 16 heavy (non-hydrogen) atoms. The Labute approximate surface area is 92.4 Å². The Morgan fingerprint density at radius 2 is 2.12 bits per heavy atom. The van der Waals surface area contributed by atoms with Crippen LogP contribution in [0.4, 0.5) is 5.69 Å². The normalized spacial score (nSPS) is 18.0. The van der Waals surface area contributed by atoms with Gasteiger partial charge in [0.1, 0.15) is 17.2 Å². The number of carbonyl (C=O) groups excluding carboxylic acids is 1. The summed E-state index contributed by atoms with van der Waals surface area (Å²) in [7, 11) is 0. The average Bonchev–Trinajstić information content (AvgIpc) is 2.27. The minimum atomic E-state index is -0.0302. The Balaban J connectivity index is 2.06. The monoisotopic (exact) mass is 214 g/mol. The van der Waals surface area contributed by atoms with Crippen LogP contribution in [0.15, 0.2) is 47.5 Å². The highest BCUT2D eigenvalue weighted by Gasteiger charge is 2.25. The van der Waals surface area contributed by atoms with Gasteiger partial charge in [-0.15, -0.1) is 0 Å². The van der Waals surface area contributed by atoms with E-state index >= 15 is 0 Å². The van der Waals surface area contributed by atoms with Gasteiger partial charge in [0.15, 0.2) is 5.78 Å². The van der Waals surface area contributed by atoms with E-state index in [0.29, 0.717) is 17.2 Å². The van der Waals surface area contributed by atoms with Gasteiger partial charge in [0.05, 0.1) is 17.8 Å². The molecule has 1 aromatic carbocycles. The second kappa shape index (κ2) is 3.13. The first-order valence-corrected chi connectivity index (χ1v) is 5.01. The molecule has 0 unspecified atom stereocenters. The fourth-order valence-electron chi connectivity index (χ4n) is 1.86. The summed E-state index contributed by atoms with van der Waals surface area (Å²) in [5.74, 6) is 1.30. The lowest BCUT2D eigenvalue weighted by Gasteiger charge is -2.26. The molecule has 4 heteroatoms. The largest absolute Gasteiger partial charge is 0.457 e. The maximum Gasteiger partial charge on any atom is 0.165 e. The fourth-order valence-corrected chi connectivity index (χ4v) is 1.86. The molecule has 80 valence electrons. The molecule has 2 aliphatic rings. The average molecular weight is 214 g/mol. The van der Waals surface area contributed by atoms with Crippen molar-refractivity contribution >= 4 is 11.5 Å². The molecule has 0 spiro atoms. The minimum absolute atomic E-state index is 0.0302. The highest BCUT2D eigenvalue weighted by molar-refractivity contribution is 5.95. The molecule has 0 amide bonds. The van der Waals surface area contributed by atoms with Crippen LogP contribution in [0, 0.1) is 0 Å². The first kappa shape index (κ1) is 9.03. The number of carbonyl (C=O) groups is 1. The van der Waals surface area contributed by atoms with Crippen molar-refractivity contribution in [1.29, 1.82) is 0 Å². The third-order valence-electron chi connectivity index (χ3n) is 2.60. The molecule has 1 aliphatic heterocycles. The lowest BCUT2D eigenvalue weighted by molar-refractivity contribution is -0.114. The first-order chi connectivity index (χ1) is 7.74. The maximum atomic E-state index is 11.3. The second-order valence-electron chi connectivity index (χ2n) is 3.76. The lowest BCUT2D eigenvalue weighted by Crippen LogP contribution is -2.24. The molecule has 0 atom stereocenters. The number of ketones is 1. The molecule has 0 bridgehead atoms. The van der Waals surface area contributed by atoms with Crippen molar-refractivity contribution in [3.8, 4) is 5.75 Å². The number of fused-ring (bicyclic) bond motifs is 1. The van der Waals surface area contributed by atoms with Gasteiger partial charge in [-0.1, -0.05) is 12.1 Å². The van der Waals surface area contributed by atoms with Gasteiger partial charge in [0.25, 0.3) is 0 Å². The molecule has 0 radical (unpaired) electrons. The van der Waals surface area contributed by atoms with Crippen LogP contribution in [0.2, 0.25) is 0 Å². The van der Waals surface area contributed by atoms with Crippen molar-refractivity contribution in [3.05, 3.63) is 47.5 Å². The molecule has 0 saturated carbocycles. The van der Waals surface area contributed by atoms with Crippen LogP contribution in [0.25, 0.3) is 0 Å². The number of nitrogens with two attached hydrogens (primary N) is 1. The van der Waals surface area contributed by atoms with E-state index < -0.39 is 0 Å². The Morgan fingerprint density at radius 1 is 1.31 bits per heavy atom. The summed E-state index contributed by atoms with van der Waals surface area (Å²) < 4.78 is 5.65. The number of para-hydroxylation sites is 2. The lowest BCUT2D eigenvalue weighted by atomic mass is 10.0. The topological polar surface area (TPSA) is 64.4 Å². The molecule has 3 rings (SSSR count). The second-order valence-corrected chi connectivity index (χ2v) is 3.76. The number of ether oxygens (including phenoxy) is 1. The predicted molar refractivity (Wildman–Crippen MR) is 59.6 cm³/mol. The van der Waals surface area contributed by atoms with Crippen molar-refractivity contribution in [1.82, 2.24) is 0 Å². The highest BCUT2D eigenvalue weighted by Crippen LogP contribution is 2.35. The van der Waals surface area contributed by atoms with Crippen LogP contribution >= 0.6 is 0 Å². The molecule has 0 fully saturated rings. The fraction of sp³-hybridized carbons (Fsp3) is 0.0833. The van der Waals surface area contributed by atoms with Crippen molar-refractivity contribution in [2.75, 3.05) is 5.32 Å². The number of hydrogen-bond acceptors (Lipinski definition) is 4. The van der Waals surface area contributed by atoms with Gasteiger partial charge >= 0.3 is 0 Å². The van der Waals surface area contributed by atoms with E-state index in [2.05, 4.69) is 5.32 Å². The van der Waals surface area contributed by atoms with Crippen LogP contribution in [-0.4, -0.2) is 5.78 Å². The number of benzene rings is 1. The van der Waals surface area contributed by atoms with E-state index in [-0.39, 0.29) is 12.2 Å². The quantitative estimate of drug-likeness (QED) is 0.687. The van der Waals surface area contributed by atoms with Crippen molar-refractivity contribution in [2.45, 2.75) is 6.42 Å². The van der Waals surface area contributed by atoms with Crippen LogP contribution in [0.5, 0.6) is 5.75 Å². The number of hydrogen-bond donors (Lipinski definition) is 2. The first-order valence-electron chi connectivity index (χ1n) is 5.01. The van der Waals surface area contributed by atoms with Crippen molar-refractivity contribution in [3.63, 3.8) is 0 Å². The molecule has 1 aliphatic carbocycles. The molecule has 0 saturated heterocycles. The molecule has 1 aromatic rings. The van der Waals surface area contributed by atoms with Crippen molar-refractivity contribution in [2.24, 2.45) is 5.73 Å². The van der Waals surface area contributed by atoms with Crippen LogP contribution in [0.3, 0.4) is 0 Å². The zero-order valence-electron chi connectivity index (χ0n) is 8.49. The molecular weight excluding hydrogens is 204 g/mol. The predicted octanol–water partition coefficient (Wildman–Crippen LogP) is 1.52. The van der Waals surface area contributed by atoms with Gasteiger partial charge in [-0.25, -0.2) is 0 Å².